The van der Waals surface area contributed by atoms with Crippen molar-refractivity contribution >= 4 is 0 Å². The number of aromatic nitrogens is 1. The van der Waals surface area contributed by atoms with Crippen LogP contribution in [0.25, 0.3) is 0 Å². The molecule has 1 aromatic carbocycles. The summed E-state index contributed by atoms with van der Waals surface area (Å²) in [5, 5.41) is 26.2. The van der Waals surface area contributed by atoms with E-state index in [1.165, 1.54) is 6.07 Å². The van der Waals surface area contributed by atoms with Crippen LogP contribution in [0.5, 0.6) is 11.5 Å². The summed E-state index contributed by atoms with van der Waals surface area (Å²) in [4.78, 5) is 0. The number of nitrogens with zero attached hydrogens (tertiary/aromatic N) is 1. The summed E-state index contributed by atoms with van der Waals surface area (Å²) in [7, 11) is 0. The Kier molecular flexibility index (Phi) is 3.76. The maximum atomic E-state index is 9.71. The van der Waals surface area contributed by atoms with Gasteiger partial charge < -0.3 is 20.1 Å². The second kappa shape index (κ2) is 5.32. The fourth-order valence-electron chi connectivity index (χ4n) is 2.18. The van der Waals surface area contributed by atoms with Crippen molar-refractivity contribution in [2.45, 2.75) is 33.4 Å². The molecule has 0 aliphatic carbocycles. The lowest BCUT2D eigenvalue weighted by Gasteiger charge is -2.14. The second-order valence-electron chi connectivity index (χ2n) is 4.65. The smallest absolute Gasteiger partial charge is 0.138 e. The van der Waals surface area contributed by atoms with Gasteiger partial charge in [0.15, 0.2) is 0 Å². The summed E-state index contributed by atoms with van der Waals surface area (Å²) in [6, 6.07) is 4.64. The summed E-state index contributed by atoms with van der Waals surface area (Å²) < 4.78 is 5.14. The number of hydrogen-bond acceptors (Lipinski definition) is 5. The molecule has 5 heteroatoms. The van der Waals surface area contributed by atoms with Crippen molar-refractivity contribution in [1.29, 1.82) is 0 Å². The van der Waals surface area contributed by atoms with Gasteiger partial charge in [-0.2, -0.15) is 0 Å². The molecule has 1 unspecified atom stereocenters. The first kappa shape index (κ1) is 13.4. The van der Waals surface area contributed by atoms with Crippen LogP contribution in [0.4, 0.5) is 0 Å². The van der Waals surface area contributed by atoms with Gasteiger partial charge in [0.25, 0.3) is 0 Å². The molecule has 0 amide bonds. The van der Waals surface area contributed by atoms with E-state index in [-0.39, 0.29) is 17.5 Å². The molecule has 0 aliphatic heterocycles. The summed E-state index contributed by atoms with van der Waals surface area (Å²) in [6.45, 7) is 6.30. The van der Waals surface area contributed by atoms with Gasteiger partial charge in [0.05, 0.1) is 5.69 Å². The van der Waals surface area contributed by atoms with Gasteiger partial charge in [0.2, 0.25) is 0 Å². The Morgan fingerprint density at radius 1 is 1.32 bits per heavy atom. The monoisotopic (exact) mass is 262 g/mol. The summed E-state index contributed by atoms with van der Waals surface area (Å²) in [5.74, 6) is 0.936. The SMILES string of the molecule is Cc1noc(C)c1C(C)NCc1ccc(O)cc1O. The van der Waals surface area contributed by atoms with Crippen LogP contribution < -0.4 is 5.32 Å². The zero-order valence-electron chi connectivity index (χ0n) is 11.3. The molecule has 0 fully saturated rings. The lowest BCUT2D eigenvalue weighted by atomic mass is 10.1. The minimum Gasteiger partial charge on any atom is -0.508 e. The Bertz CT molecular complexity index is 559. The van der Waals surface area contributed by atoms with Gasteiger partial charge in [0, 0.05) is 29.8 Å². The molecule has 5 nitrogen and oxygen atoms in total. The molecular weight excluding hydrogens is 244 g/mol. The van der Waals surface area contributed by atoms with Crippen molar-refractivity contribution in [3.05, 3.63) is 40.8 Å². The minimum absolute atomic E-state index is 0.0556. The largest absolute Gasteiger partial charge is 0.508 e. The van der Waals surface area contributed by atoms with E-state index in [1.807, 2.05) is 20.8 Å². The van der Waals surface area contributed by atoms with Crippen molar-refractivity contribution < 1.29 is 14.7 Å². The van der Waals surface area contributed by atoms with Crippen LogP contribution >= 0.6 is 0 Å². The van der Waals surface area contributed by atoms with E-state index in [4.69, 9.17) is 4.52 Å². The first-order valence-corrected chi connectivity index (χ1v) is 6.16. The Morgan fingerprint density at radius 2 is 2.05 bits per heavy atom. The van der Waals surface area contributed by atoms with Crippen LogP contribution in [0.15, 0.2) is 22.7 Å². The molecule has 0 saturated heterocycles. The van der Waals surface area contributed by atoms with Crippen molar-refractivity contribution in [2.24, 2.45) is 0 Å². The van der Waals surface area contributed by atoms with Gasteiger partial charge in [-0.3, -0.25) is 0 Å². The number of phenols is 2. The summed E-state index contributed by atoms with van der Waals surface area (Å²) >= 11 is 0. The number of phenolic OH excluding ortho intramolecular Hbond substituents is 2. The normalized spacial score (nSPS) is 12.6. The number of rotatable bonds is 4. The predicted octanol–water partition coefficient (Wildman–Crippen LogP) is 2.55. The summed E-state index contributed by atoms with van der Waals surface area (Å²) in [6.07, 6.45) is 0. The third-order valence-corrected chi connectivity index (χ3v) is 3.19. The number of aromatic hydroxyl groups is 2. The van der Waals surface area contributed by atoms with Crippen molar-refractivity contribution in [3.63, 3.8) is 0 Å². The average Bonchev–Trinajstić information content (AvgIpc) is 2.68. The van der Waals surface area contributed by atoms with Crippen molar-refractivity contribution in [2.75, 3.05) is 0 Å². The van der Waals surface area contributed by atoms with Crippen LogP contribution in [-0.2, 0) is 6.54 Å². The lowest BCUT2D eigenvalue weighted by molar-refractivity contribution is 0.390. The van der Waals surface area contributed by atoms with Crippen molar-refractivity contribution in [3.8, 4) is 11.5 Å². The quantitative estimate of drug-likeness (QED) is 0.789. The molecule has 1 atom stereocenters. The zero-order valence-corrected chi connectivity index (χ0v) is 11.3. The molecule has 0 bridgehead atoms. The lowest BCUT2D eigenvalue weighted by Crippen LogP contribution is -2.19. The van der Waals surface area contributed by atoms with Crippen LogP contribution in [0.3, 0.4) is 0 Å². The molecule has 0 radical (unpaired) electrons. The third-order valence-electron chi connectivity index (χ3n) is 3.19. The Balaban J connectivity index is 2.06. The van der Waals surface area contributed by atoms with E-state index >= 15 is 0 Å². The van der Waals surface area contributed by atoms with Crippen LogP contribution in [0.1, 0.15) is 35.5 Å². The number of aryl methyl sites for hydroxylation is 2. The average molecular weight is 262 g/mol. The highest BCUT2D eigenvalue weighted by Crippen LogP contribution is 2.25. The Labute approximate surface area is 111 Å². The molecule has 0 spiro atoms. The molecular formula is C14H18N2O3. The maximum Gasteiger partial charge on any atom is 0.138 e. The van der Waals surface area contributed by atoms with Crippen LogP contribution in [0, 0.1) is 13.8 Å². The molecule has 0 aliphatic rings. The van der Waals surface area contributed by atoms with Gasteiger partial charge in [0.1, 0.15) is 17.3 Å². The van der Waals surface area contributed by atoms with Gasteiger partial charge in [-0.25, -0.2) is 0 Å². The van der Waals surface area contributed by atoms with Gasteiger partial charge >= 0.3 is 0 Å². The van der Waals surface area contributed by atoms with E-state index in [2.05, 4.69) is 10.5 Å². The zero-order chi connectivity index (χ0) is 14.0. The molecule has 0 saturated carbocycles. The predicted molar refractivity (Wildman–Crippen MR) is 71.0 cm³/mol. The summed E-state index contributed by atoms with van der Waals surface area (Å²) in [5.41, 5.74) is 2.64. The third kappa shape index (κ3) is 2.88. The first-order chi connectivity index (χ1) is 8.99. The second-order valence-corrected chi connectivity index (χ2v) is 4.65. The first-order valence-electron chi connectivity index (χ1n) is 6.16. The topological polar surface area (TPSA) is 78.5 Å². The van der Waals surface area contributed by atoms with Crippen molar-refractivity contribution in [1.82, 2.24) is 10.5 Å². The Morgan fingerprint density at radius 3 is 2.63 bits per heavy atom. The maximum absolute atomic E-state index is 9.71. The van der Waals surface area contributed by atoms with E-state index in [1.54, 1.807) is 12.1 Å². The van der Waals surface area contributed by atoms with E-state index in [9.17, 15) is 10.2 Å². The molecule has 19 heavy (non-hydrogen) atoms. The molecule has 3 N–H and O–H groups in total. The Hall–Kier alpha value is -2.01. The van der Waals surface area contributed by atoms with Gasteiger partial charge in [-0.15, -0.1) is 0 Å². The van der Waals surface area contributed by atoms with E-state index < -0.39 is 0 Å². The molecule has 102 valence electrons. The molecule has 1 heterocycles. The van der Waals surface area contributed by atoms with E-state index in [0.717, 1.165) is 22.6 Å². The standard InChI is InChI=1S/C14H18N2O3/c1-8(14-9(2)16-19-10(14)3)15-7-11-4-5-12(17)6-13(11)18/h4-6,8,15,17-18H,7H2,1-3H3. The fraction of sp³-hybridized carbons (Fsp3) is 0.357. The van der Waals surface area contributed by atoms with Crippen LogP contribution in [-0.4, -0.2) is 15.4 Å². The minimum atomic E-state index is 0.0556. The fourth-order valence-corrected chi connectivity index (χ4v) is 2.18. The number of nitrogens with one attached hydrogen (secondary N) is 1. The highest BCUT2D eigenvalue weighted by molar-refractivity contribution is 5.39. The molecule has 1 aromatic heterocycles. The highest BCUT2D eigenvalue weighted by atomic mass is 16.5. The molecule has 2 aromatic rings. The number of benzene rings is 1. The van der Waals surface area contributed by atoms with Gasteiger partial charge in [-0.05, 0) is 26.8 Å². The van der Waals surface area contributed by atoms with E-state index in [0.29, 0.717) is 6.54 Å². The molecule has 2 rings (SSSR count). The highest BCUT2D eigenvalue weighted by Gasteiger charge is 2.16. The number of hydrogen-bond donors (Lipinski definition) is 3. The van der Waals surface area contributed by atoms with Gasteiger partial charge in [-0.1, -0.05) is 11.2 Å². The van der Waals surface area contributed by atoms with Crippen LogP contribution in [0.2, 0.25) is 0 Å².